The molecule has 0 fully saturated rings. The Labute approximate surface area is 150 Å². The zero-order valence-electron chi connectivity index (χ0n) is 14.6. The second-order valence-corrected chi connectivity index (χ2v) is 5.79. The molecule has 0 aliphatic rings. The van der Waals surface area contributed by atoms with Crippen molar-refractivity contribution >= 4 is 11.8 Å². The summed E-state index contributed by atoms with van der Waals surface area (Å²) in [7, 11) is 1.58. The number of carbonyl (C=O) groups excluding carboxylic acids is 2. The number of hydrogen-bond acceptors (Lipinski definition) is 3. The Morgan fingerprint density at radius 3 is 2.62 bits per heavy atom. The van der Waals surface area contributed by atoms with Gasteiger partial charge in [0.15, 0.2) is 0 Å². The smallest absolute Gasteiger partial charge is 0.254 e. The predicted molar refractivity (Wildman–Crippen MR) is 93.0 cm³/mol. The maximum Gasteiger partial charge on any atom is 0.254 e. The van der Waals surface area contributed by atoms with Crippen molar-refractivity contribution < 1.29 is 23.1 Å². The van der Waals surface area contributed by atoms with Gasteiger partial charge in [-0.2, -0.15) is 0 Å². The molecule has 0 unspecified atom stereocenters. The third-order valence-corrected chi connectivity index (χ3v) is 3.69. The van der Waals surface area contributed by atoms with Crippen LogP contribution in [0.3, 0.4) is 0 Å². The molecule has 0 saturated heterocycles. The van der Waals surface area contributed by atoms with Crippen molar-refractivity contribution in [3.05, 3.63) is 65.2 Å². The molecule has 0 atom stereocenters. The minimum Gasteiger partial charge on any atom is -0.492 e. The molecule has 0 aliphatic heterocycles. The van der Waals surface area contributed by atoms with Crippen LogP contribution in [0.15, 0.2) is 42.5 Å². The maximum atomic E-state index is 13.5. The Kier molecular flexibility index (Phi) is 6.66. The van der Waals surface area contributed by atoms with E-state index in [4.69, 9.17) is 4.74 Å². The first-order valence-corrected chi connectivity index (χ1v) is 8.03. The van der Waals surface area contributed by atoms with E-state index in [9.17, 15) is 18.4 Å². The van der Waals surface area contributed by atoms with E-state index in [0.29, 0.717) is 25.0 Å². The van der Waals surface area contributed by atoms with Crippen LogP contribution in [0, 0.1) is 18.6 Å². The first kappa shape index (κ1) is 19.4. The normalized spacial score (nSPS) is 10.3. The molecular formula is C19H20F2N2O3. The molecule has 2 aromatic rings. The number of ether oxygens (including phenoxy) is 1. The monoisotopic (exact) mass is 362 g/mol. The number of rotatable bonds is 7. The number of aryl methyl sites for hydroxylation is 1. The average Bonchev–Trinajstić information content (AvgIpc) is 2.59. The number of likely N-dealkylation sites (N-methyl/N-ethyl adjacent to an activating group) is 1. The molecule has 0 bridgehead atoms. The van der Waals surface area contributed by atoms with E-state index in [2.05, 4.69) is 5.32 Å². The van der Waals surface area contributed by atoms with Crippen LogP contribution in [0.25, 0.3) is 0 Å². The van der Waals surface area contributed by atoms with Crippen LogP contribution >= 0.6 is 0 Å². The molecule has 26 heavy (non-hydrogen) atoms. The van der Waals surface area contributed by atoms with Crippen molar-refractivity contribution in [1.29, 1.82) is 0 Å². The summed E-state index contributed by atoms with van der Waals surface area (Å²) >= 11 is 0. The molecule has 2 aromatic carbocycles. The van der Waals surface area contributed by atoms with Crippen LogP contribution in [0.2, 0.25) is 0 Å². The fourth-order valence-corrected chi connectivity index (χ4v) is 2.19. The van der Waals surface area contributed by atoms with E-state index in [1.165, 1.54) is 4.90 Å². The molecule has 0 spiro atoms. The number of halogens is 2. The van der Waals surface area contributed by atoms with Gasteiger partial charge in [0.25, 0.3) is 5.91 Å². The van der Waals surface area contributed by atoms with Gasteiger partial charge in [-0.3, -0.25) is 9.59 Å². The Morgan fingerprint density at radius 2 is 1.92 bits per heavy atom. The lowest BCUT2D eigenvalue weighted by Crippen LogP contribution is -2.40. The molecule has 0 aromatic heterocycles. The molecule has 138 valence electrons. The minimum absolute atomic E-state index is 0.295. The number of carbonyl (C=O) groups is 2. The summed E-state index contributed by atoms with van der Waals surface area (Å²) in [5, 5.41) is 2.32. The molecule has 1 N–H and O–H groups in total. The lowest BCUT2D eigenvalue weighted by Gasteiger charge is -2.18. The summed E-state index contributed by atoms with van der Waals surface area (Å²) in [5.41, 5.74) is 0.757. The van der Waals surface area contributed by atoms with E-state index in [1.807, 2.05) is 31.2 Å². The first-order chi connectivity index (χ1) is 12.4. The highest BCUT2D eigenvalue weighted by atomic mass is 19.1. The van der Waals surface area contributed by atoms with Crippen molar-refractivity contribution in [2.24, 2.45) is 0 Å². The van der Waals surface area contributed by atoms with Crippen molar-refractivity contribution in [2.45, 2.75) is 6.92 Å². The number of hydrogen-bond donors (Lipinski definition) is 1. The summed E-state index contributed by atoms with van der Waals surface area (Å²) in [4.78, 5) is 25.3. The number of nitrogens with one attached hydrogen (secondary N) is 1. The molecule has 0 heterocycles. The van der Waals surface area contributed by atoms with Gasteiger partial charge in [-0.25, -0.2) is 8.78 Å². The standard InChI is InChI=1S/C19H20F2N2O3/c1-13-4-3-5-15(10-13)26-9-8-23(2)18(24)12-22-19(25)16-7-6-14(20)11-17(16)21/h3-7,10-11H,8-9,12H2,1-2H3,(H,22,25). The Morgan fingerprint density at radius 1 is 1.15 bits per heavy atom. The van der Waals surface area contributed by atoms with Crippen LogP contribution in [0.5, 0.6) is 5.75 Å². The lowest BCUT2D eigenvalue weighted by atomic mass is 10.2. The highest BCUT2D eigenvalue weighted by Gasteiger charge is 2.15. The van der Waals surface area contributed by atoms with Gasteiger partial charge < -0.3 is 15.0 Å². The average molecular weight is 362 g/mol. The molecule has 0 radical (unpaired) electrons. The predicted octanol–water partition coefficient (Wildman–Crippen LogP) is 2.54. The van der Waals surface area contributed by atoms with Gasteiger partial charge in [-0.05, 0) is 36.8 Å². The Balaban J connectivity index is 1.77. The van der Waals surface area contributed by atoms with E-state index >= 15 is 0 Å². The highest BCUT2D eigenvalue weighted by Crippen LogP contribution is 2.12. The summed E-state index contributed by atoms with van der Waals surface area (Å²) < 4.78 is 31.9. The second kappa shape index (κ2) is 8.94. The SMILES string of the molecule is Cc1cccc(OCCN(C)C(=O)CNC(=O)c2ccc(F)cc2F)c1. The van der Waals surface area contributed by atoms with Gasteiger partial charge in [0, 0.05) is 13.1 Å². The molecular weight excluding hydrogens is 342 g/mol. The Hall–Kier alpha value is -2.96. The number of nitrogens with zero attached hydrogens (tertiary/aromatic N) is 1. The minimum atomic E-state index is -0.977. The van der Waals surface area contributed by atoms with Gasteiger partial charge in [-0.1, -0.05) is 12.1 Å². The van der Waals surface area contributed by atoms with Crippen molar-refractivity contribution in [1.82, 2.24) is 10.2 Å². The van der Waals surface area contributed by atoms with Crippen molar-refractivity contribution in [3.63, 3.8) is 0 Å². The summed E-state index contributed by atoms with van der Waals surface area (Å²) in [6, 6.07) is 10.2. The number of amides is 2. The summed E-state index contributed by atoms with van der Waals surface area (Å²) in [5.74, 6) is -2.17. The third-order valence-electron chi connectivity index (χ3n) is 3.69. The zero-order chi connectivity index (χ0) is 19.1. The number of benzene rings is 2. The summed E-state index contributed by atoms with van der Waals surface area (Å²) in [6.45, 7) is 2.28. The third kappa shape index (κ3) is 5.54. The lowest BCUT2D eigenvalue weighted by molar-refractivity contribution is -0.129. The van der Waals surface area contributed by atoms with Crippen molar-refractivity contribution in [3.8, 4) is 5.75 Å². The van der Waals surface area contributed by atoms with E-state index in [-0.39, 0.29) is 18.0 Å². The topological polar surface area (TPSA) is 58.6 Å². The fourth-order valence-electron chi connectivity index (χ4n) is 2.19. The van der Waals surface area contributed by atoms with Gasteiger partial charge in [-0.15, -0.1) is 0 Å². The molecule has 0 saturated carbocycles. The van der Waals surface area contributed by atoms with Crippen molar-refractivity contribution in [2.75, 3.05) is 26.7 Å². The summed E-state index contributed by atoms with van der Waals surface area (Å²) in [6.07, 6.45) is 0. The van der Waals surface area contributed by atoms with Crippen LogP contribution in [-0.2, 0) is 4.79 Å². The quantitative estimate of drug-likeness (QED) is 0.824. The van der Waals surface area contributed by atoms with Crippen LogP contribution in [0.4, 0.5) is 8.78 Å². The van der Waals surface area contributed by atoms with Crippen LogP contribution in [-0.4, -0.2) is 43.5 Å². The molecule has 2 rings (SSSR count). The fraction of sp³-hybridized carbons (Fsp3) is 0.263. The van der Waals surface area contributed by atoms with Crippen LogP contribution < -0.4 is 10.1 Å². The first-order valence-electron chi connectivity index (χ1n) is 8.03. The van der Waals surface area contributed by atoms with Crippen LogP contribution in [0.1, 0.15) is 15.9 Å². The van der Waals surface area contributed by atoms with Gasteiger partial charge >= 0.3 is 0 Å². The van der Waals surface area contributed by atoms with E-state index < -0.39 is 17.5 Å². The maximum absolute atomic E-state index is 13.5. The van der Waals surface area contributed by atoms with Gasteiger partial charge in [0.05, 0.1) is 18.7 Å². The second-order valence-electron chi connectivity index (χ2n) is 5.79. The van der Waals surface area contributed by atoms with E-state index in [1.54, 1.807) is 7.05 Å². The highest BCUT2D eigenvalue weighted by molar-refractivity contribution is 5.96. The molecule has 2 amide bonds. The zero-order valence-corrected chi connectivity index (χ0v) is 14.6. The molecule has 7 heteroatoms. The van der Waals surface area contributed by atoms with E-state index in [0.717, 1.165) is 17.7 Å². The largest absolute Gasteiger partial charge is 0.492 e. The Bertz CT molecular complexity index is 796. The van der Waals surface area contributed by atoms with Gasteiger partial charge in [0.2, 0.25) is 5.91 Å². The van der Waals surface area contributed by atoms with Gasteiger partial charge in [0.1, 0.15) is 24.0 Å². The molecule has 5 nitrogen and oxygen atoms in total. The molecule has 0 aliphatic carbocycles.